The van der Waals surface area contributed by atoms with Crippen LogP contribution in [0.4, 0.5) is 0 Å². The fourth-order valence-electron chi connectivity index (χ4n) is 2.67. The van der Waals surface area contributed by atoms with Gasteiger partial charge in [0.2, 0.25) is 0 Å². The molecule has 0 fully saturated rings. The third-order valence-electron chi connectivity index (χ3n) is 4.13. The zero-order valence-electron chi connectivity index (χ0n) is 15.8. The SMILES string of the molecule is CCCCCCCCOC1=C(Br)C=C(CNCCCP(=O)(O)O)CC=C1. The van der Waals surface area contributed by atoms with Crippen molar-refractivity contribution in [2.75, 3.05) is 25.9 Å². The van der Waals surface area contributed by atoms with Crippen molar-refractivity contribution in [1.29, 1.82) is 0 Å². The van der Waals surface area contributed by atoms with Gasteiger partial charge in [0.15, 0.2) is 0 Å². The molecule has 1 rings (SSSR count). The van der Waals surface area contributed by atoms with E-state index in [1.807, 2.05) is 6.08 Å². The summed E-state index contributed by atoms with van der Waals surface area (Å²) in [6, 6.07) is 0. The minimum Gasteiger partial charge on any atom is -0.492 e. The Labute approximate surface area is 166 Å². The van der Waals surface area contributed by atoms with E-state index in [0.717, 1.165) is 29.7 Å². The molecule has 1 aliphatic rings. The molecule has 0 unspecified atom stereocenters. The number of hydrogen-bond donors (Lipinski definition) is 3. The van der Waals surface area contributed by atoms with Gasteiger partial charge in [-0.25, -0.2) is 0 Å². The van der Waals surface area contributed by atoms with Crippen molar-refractivity contribution in [3.8, 4) is 0 Å². The number of hydrogen-bond acceptors (Lipinski definition) is 3. The van der Waals surface area contributed by atoms with Gasteiger partial charge in [-0.1, -0.05) is 50.7 Å². The maximum Gasteiger partial charge on any atom is 0.325 e. The lowest BCUT2D eigenvalue weighted by Gasteiger charge is -2.09. The van der Waals surface area contributed by atoms with Crippen molar-refractivity contribution in [2.24, 2.45) is 0 Å². The topological polar surface area (TPSA) is 78.8 Å². The van der Waals surface area contributed by atoms with E-state index in [1.165, 1.54) is 37.7 Å². The Bertz CT molecular complexity index is 540. The molecule has 0 bridgehead atoms. The van der Waals surface area contributed by atoms with Gasteiger partial charge in [-0.05, 0) is 53.9 Å². The second kappa shape index (κ2) is 13.7. The van der Waals surface area contributed by atoms with E-state index in [-0.39, 0.29) is 6.16 Å². The average molecular weight is 450 g/mol. The van der Waals surface area contributed by atoms with Gasteiger partial charge in [-0.2, -0.15) is 0 Å². The molecule has 150 valence electrons. The van der Waals surface area contributed by atoms with Crippen molar-refractivity contribution in [3.63, 3.8) is 0 Å². The fraction of sp³-hybridized carbons (Fsp3) is 0.684. The number of rotatable bonds is 14. The molecule has 0 aromatic carbocycles. The predicted molar refractivity (Wildman–Crippen MR) is 112 cm³/mol. The van der Waals surface area contributed by atoms with Gasteiger partial charge >= 0.3 is 7.60 Å². The van der Waals surface area contributed by atoms with Crippen LogP contribution in [0.1, 0.15) is 58.3 Å². The van der Waals surface area contributed by atoms with Crippen molar-refractivity contribution in [2.45, 2.75) is 58.3 Å². The van der Waals surface area contributed by atoms with Gasteiger partial charge in [0.25, 0.3) is 0 Å². The van der Waals surface area contributed by atoms with Gasteiger partial charge in [0.1, 0.15) is 5.76 Å². The lowest BCUT2D eigenvalue weighted by Crippen LogP contribution is -2.19. The second-order valence-corrected chi connectivity index (χ2v) is 9.29. The Kier molecular flexibility index (Phi) is 12.5. The molecule has 26 heavy (non-hydrogen) atoms. The fourth-order valence-corrected chi connectivity index (χ4v) is 3.81. The van der Waals surface area contributed by atoms with Gasteiger partial charge in [0, 0.05) is 6.54 Å². The Morgan fingerprint density at radius 3 is 2.65 bits per heavy atom. The van der Waals surface area contributed by atoms with E-state index < -0.39 is 7.60 Å². The highest BCUT2D eigenvalue weighted by molar-refractivity contribution is 9.11. The Balaban J connectivity index is 2.29. The van der Waals surface area contributed by atoms with E-state index in [2.05, 4.69) is 40.3 Å². The van der Waals surface area contributed by atoms with Crippen LogP contribution >= 0.6 is 23.5 Å². The molecule has 0 aromatic rings. The van der Waals surface area contributed by atoms with E-state index >= 15 is 0 Å². The molecule has 0 amide bonds. The second-order valence-electron chi connectivity index (χ2n) is 6.66. The molecule has 0 atom stereocenters. The third kappa shape index (κ3) is 12.1. The maximum absolute atomic E-state index is 10.8. The quantitative estimate of drug-likeness (QED) is 0.256. The van der Waals surface area contributed by atoms with Gasteiger partial charge in [-0.15, -0.1) is 0 Å². The molecule has 0 aromatic heterocycles. The third-order valence-corrected chi connectivity index (χ3v) is 5.64. The number of allylic oxidation sites excluding steroid dienone is 4. The number of unbranched alkanes of at least 4 members (excludes halogenated alkanes) is 5. The first-order valence-corrected chi connectivity index (χ1v) is 12.2. The summed E-state index contributed by atoms with van der Waals surface area (Å²) in [5.41, 5.74) is 1.21. The van der Waals surface area contributed by atoms with Gasteiger partial charge in [0.05, 0.1) is 17.3 Å². The number of ether oxygens (including phenoxy) is 1. The first-order chi connectivity index (χ1) is 12.4. The molecule has 5 nitrogen and oxygen atoms in total. The molecule has 0 heterocycles. The van der Waals surface area contributed by atoms with Crippen LogP contribution in [0.25, 0.3) is 0 Å². The van der Waals surface area contributed by atoms with E-state index in [4.69, 9.17) is 14.5 Å². The zero-order valence-corrected chi connectivity index (χ0v) is 18.2. The number of halogens is 1. The molecule has 3 N–H and O–H groups in total. The van der Waals surface area contributed by atoms with Crippen LogP contribution in [-0.4, -0.2) is 35.6 Å². The lowest BCUT2D eigenvalue weighted by molar-refractivity contribution is 0.216. The van der Waals surface area contributed by atoms with Crippen LogP contribution in [0.5, 0.6) is 0 Å². The van der Waals surface area contributed by atoms with Crippen molar-refractivity contribution in [3.05, 3.63) is 34.0 Å². The summed E-state index contributed by atoms with van der Waals surface area (Å²) in [6.45, 7) is 4.26. The Morgan fingerprint density at radius 1 is 1.19 bits per heavy atom. The molecule has 0 radical (unpaired) electrons. The zero-order chi connectivity index (χ0) is 19.3. The van der Waals surface area contributed by atoms with Crippen LogP contribution in [-0.2, 0) is 9.30 Å². The summed E-state index contributed by atoms with van der Waals surface area (Å²) >= 11 is 3.59. The normalized spacial score (nSPS) is 15.2. The van der Waals surface area contributed by atoms with Gasteiger partial charge in [-0.3, -0.25) is 4.57 Å². The van der Waals surface area contributed by atoms with Crippen molar-refractivity contribution in [1.82, 2.24) is 5.32 Å². The van der Waals surface area contributed by atoms with Crippen LogP contribution in [0.2, 0.25) is 0 Å². The standard InChI is InChI=1S/C19H33BrNO4P/c1-2-3-4-5-6-7-13-25-19-11-8-10-17(15-18(19)20)16-21-12-9-14-26(22,23)24/h8,11,15,21H,2-7,9-10,12-14,16H2,1H3,(H2,22,23,24). The smallest absolute Gasteiger partial charge is 0.325 e. The first-order valence-electron chi connectivity index (χ1n) is 9.56. The number of nitrogens with one attached hydrogen (secondary N) is 1. The Morgan fingerprint density at radius 2 is 1.92 bits per heavy atom. The molecule has 0 saturated heterocycles. The summed E-state index contributed by atoms with van der Waals surface area (Å²) in [6.07, 6.45) is 14.9. The molecular weight excluding hydrogens is 417 g/mol. The van der Waals surface area contributed by atoms with E-state index in [9.17, 15) is 4.57 Å². The molecular formula is C19H33BrNO4P. The first kappa shape index (κ1) is 23.6. The van der Waals surface area contributed by atoms with Crippen LogP contribution in [0.3, 0.4) is 0 Å². The molecule has 0 aliphatic heterocycles. The van der Waals surface area contributed by atoms with E-state index in [1.54, 1.807) is 0 Å². The largest absolute Gasteiger partial charge is 0.492 e. The highest BCUT2D eigenvalue weighted by Crippen LogP contribution is 2.34. The highest BCUT2D eigenvalue weighted by atomic mass is 79.9. The van der Waals surface area contributed by atoms with Crippen molar-refractivity contribution < 1.29 is 19.1 Å². The average Bonchev–Trinajstić information content (AvgIpc) is 2.74. The molecule has 0 spiro atoms. The summed E-state index contributed by atoms with van der Waals surface area (Å²) in [5, 5.41) is 3.24. The molecule has 0 saturated carbocycles. The van der Waals surface area contributed by atoms with Crippen LogP contribution in [0, 0.1) is 0 Å². The molecule has 7 heteroatoms. The van der Waals surface area contributed by atoms with Crippen molar-refractivity contribution >= 4 is 23.5 Å². The predicted octanol–water partition coefficient (Wildman–Crippen LogP) is 5.01. The summed E-state index contributed by atoms with van der Waals surface area (Å²) in [4.78, 5) is 17.7. The summed E-state index contributed by atoms with van der Waals surface area (Å²) < 4.78 is 17.7. The molecule has 1 aliphatic carbocycles. The van der Waals surface area contributed by atoms with Crippen LogP contribution < -0.4 is 5.32 Å². The van der Waals surface area contributed by atoms with Crippen LogP contribution in [0.15, 0.2) is 34.0 Å². The summed E-state index contributed by atoms with van der Waals surface area (Å²) in [7, 11) is -3.88. The minimum atomic E-state index is -3.88. The maximum atomic E-state index is 10.8. The lowest BCUT2D eigenvalue weighted by atomic mass is 10.1. The van der Waals surface area contributed by atoms with Gasteiger partial charge < -0.3 is 19.8 Å². The highest BCUT2D eigenvalue weighted by Gasteiger charge is 2.11. The summed E-state index contributed by atoms with van der Waals surface area (Å²) in [5.74, 6) is 0.870. The minimum absolute atomic E-state index is 0.0705. The Hall–Kier alpha value is -0.390. The van der Waals surface area contributed by atoms with E-state index in [0.29, 0.717) is 19.5 Å². The monoisotopic (exact) mass is 449 g/mol.